The number of ether oxygens (including phenoxy) is 3. The van der Waals surface area contributed by atoms with Crippen LogP contribution in [0.5, 0.6) is 23.0 Å². The first-order valence-corrected chi connectivity index (χ1v) is 13.4. The number of nitrogens with one attached hydrogen (secondary N) is 1. The van der Waals surface area contributed by atoms with Crippen molar-refractivity contribution in [1.29, 1.82) is 0 Å². The fourth-order valence-electron chi connectivity index (χ4n) is 4.84. The Hall–Kier alpha value is -4.61. The predicted molar refractivity (Wildman–Crippen MR) is 152 cm³/mol. The van der Waals surface area contributed by atoms with Crippen LogP contribution in [0.3, 0.4) is 0 Å². The predicted octanol–water partition coefficient (Wildman–Crippen LogP) is 7.50. The number of hydrogen-bond donors (Lipinski definition) is 2. The quantitative estimate of drug-likeness (QED) is 0.259. The number of pyridine rings is 1. The zero-order valence-corrected chi connectivity index (χ0v) is 24.0. The highest BCUT2D eigenvalue weighted by atomic mass is 19.4. The van der Waals surface area contributed by atoms with Crippen LogP contribution in [0.1, 0.15) is 66.4 Å². The molecule has 1 heterocycles. The lowest BCUT2D eigenvalue weighted by Crippen LogP contribution is -2.22. The van der Waals surface area contributed by atoms with Gasteiger partial charge in [-0.2, -0.15) is 0 Å². The van der Waals surface area contributed by atoms with Gasteiger partial charge in [-0.15, -0.1) is 13.2 Å². The van der Waals surface area contributed by atoms with E-state index in [1.807, 2.05) is 6.08 Å². The average molecular weight is 602 g/mol. The van der Waals surface area contributed by atoms with E-state index in [1.165, 1.54) is 37.6 Å². The summed E-state index contributed by atoms with van der Waals surface area (Å²) in [6.07, 6.45) is 0.710. The summed E-state index contributed by atoms with van der Waals surface area (Å²) in [5.41, 5.74) is 6.26. The van der Waals surface area contributed by atoms with Crippen LogP contribution >= 0.6 is 0 Å². The summed E-state index contributed by atoms with van der Waals surface area (Å²) in [6.45, 7) is 6.51. The van der Waals surface area contributed by atoms with Crippen LogP contribution in [0.25, 0.3) is 5.57 Å². The number of primary amides is 1. The van der Waals surface area contributed by atoms with Crippen LogP contribution in [-0.4, -0.2) is 30.3 Å². The van der Waals surface area contributed by atoms with Crippen molar-refractivity contribution in [3.8, 4) is 23.0 Å². The van der Waals surface area contributed by atoms with Crippen molar-refractivity contribution < 1.29 is 41.4 Å². The van der Waals surface area contributed by atoms with Crippen molar-refractivity contribution in [3.63, 3.8) is 0 Å². The van der Waals surface area contributed by atoms with Crippen molar-refractivity contribution in [1.82, 2.24) is 4.98 Å². The van der Waals surface area contributed by atoms with E-state index >= 15 is 4.39 Å². The van der Waals surface area contributed by atoms with Gasteiger partial charge in [0.25, 0.3) is 11.8 Å². The second-order valence-corrected chi connectivity index (χ2v) is 11.1. The minimum Gasteiger partial charge on any atom is -0.493 e. The molecule has 43 heavy (non-hydrogen) atoms. The van der Waals surface area contributed by atoms with E-state index in [0.717, 1.165) is 36.6 Å². The van der Waals surface area contributed by atoms with Crippen molar-refractivity contribution in [2.45, 2.75) is 46.4 Å². The van der Waals surface area contributed by atoms with E-state index in [2.05, 4.69) is 35.8 Å². The number of nitrogens with zero attached hydrogens (tertiary/aromatic N) is 1. The van der Waals surface area contributed by atoms with Gasteiger partial charge in [-0.05, 0) is 78.1 Å². The molecule has 1 aromatic heterocycles. The maximum Gasteiger partial charge on any atom is 0.573 e. The minimum atomic E-state index is -4.93. The molecule has 0 aliphatic heterocycles. The first-order chi connectivity index (χ1) is 20.1. The number of allylic oxidation sites excluding steroid dienone is 2. The molecule has 12 heteroatoms. The van der Waals surface area contributed by atoms with Gasteiger partial charge in [0, 0.05) is 18.0 Å². The number of methoxy groups -OCH3 is 1. The molecule has 2 amide bonds. The maximum atomic E-state index is 15.8. The summed E-state index contributed by atoms with van der Waals surface area (Å²) >= 11 is 0. The van der Waals surface area contributed by atoms with E-state index in [9.17, 15) is 22.8 Å². The molecular formula is C31H31F4N3O5. The van der Waals surface area contributed by atoms with Gasteiger partial charge in [0.1, 0.15) is 28.6 Å². The highest BCUT2D eigenvalue weighted by molar-refractivity contribution is 6.07. The van der Waals surface area contributed by atoms with Crippen molar-refractivity contribution in [2.24, 2.45) is 17.1 Å². The van der Waals surface area contributed by atoms with E-state index in [4.69, 9.17) is 15.2 Å². The summed E-state index contributed by atoms with van der Waals surface area (Å²) in [5.74, 6) is -3.20. The number of rotatable bonds is 8. The van der Waals surface area contributed by atoms with E-state index in [1.54, 1.807) is 0 Å². The van der Waals surface area contributed by atoms with E-state index in [-0.39, 0.29) is 34.0 Å². The Kier molecular flexibility index (Phi) is 8.98. The summed E-state index contributed by atoms with van der Waals surface area (Å²) in [4.78, 5) is 28.7. The van der Waals surface area contributed by atoms with Crippen LogP contribution in [0, 0.1) is 17.2 Å². The number of anilines is 1. The number of halogens is 4. The van der Waals surface area contributed by atoms with Gasteiger partial charge in [-0.25, -0.2) is 4.39 Å². The molecule has 3 N–H and O–H groups in total. The molecule has 8 nitrogen and oxygen atoms in total. The lowest BCUT2D eigenvalue weighted by atomic mass is 9.72. The zero-order chi connectivity index (χ0) is 31.5. The molecule has 1 aliphatic carbocycles. The second-order valence-electron chi connectivity index (χ2n) is 11.1. The number of benzene rings is 2. The first kappa shape index (κ1) is 31.3. The molecule has 0 radical (unpaired) electrons. The summed E-state index contributed by atoms with van der Waals surface area (Å²) in [7, 11) is 1.21. The average Bonchev–Trinajstić information content (AvgIpc) is 2.92. The van der Waals surface area contributed by atoms with Crippen LogP contribution in [0.15, 0.2) is 54.7 Å². The molecule has 1 aliphatic rings. The molecule has 1 unspecified atom stereocenters. The Morgan fingerprint density at radius 1 is 1.02 bits per heavy atom. The Morgan fingerprint density at radius 2 is 1.77 bits per heavy atom. The number of carbonyl (C=O) groups excluding carboxylic acids is 2. The third-order valence-corrected chi connectivity index (χ3v) is 7.15. The largest absolute Gasteiger partial charge is 0.573 e. The summed E-state index contributed by atoms with van der Waals surface area (Å²) in [5, 5.41) is 2.51. The lowest BCUT2D eigenvalue weighted by Gasteiger charge is -2.33. The molecule has 1 atom stereocenters. The smallest absolute Gasteiger partial charge is 0.493 e. The van der Waals surface area contributed by atoms with Crippen molar-refractivity contribution in [2.75, 3.05) is 12.4 Å². The summed E-state index contributed by atoms with van der Waals surface area (Å²) < 4.78 is 69.2. The Balaban J connectivity index is 1.75. The van der Waals surface area contributed by atoms with Crippen LogP contribution < -0.4 is 25.3 Å². The molecule has 0 spiro atoms. The van der Waals surface area contributed by atoms with Gasteiger partial charge < -0.3 is 25.3 Å². The summed E-state index contributed by atoms with van der Waals surface area (Å²) in [6, 6.07) is 8.48. The van der Waals surface area contributed by atoms with Crippen LogP contribution in [0.4, 0.5) is 23.2 Å². The number of hydrogen-bond acceptors (Lipinski definition) is 6. The third-order valence-electron chi connectivity index (χ3n) is 7.15. The van der Waals surface area contributed by atoms with Gasteiger partial charge in [0.15, 0.2) is 11.5 Å². The molecule has 0 bridgehead atoms. The molecule has 4 rings (SSSR count). The van der Waals surface area contributed by atoms with Gasteiger partial charge in [-0.1, -0.05) is 26.8 Å². The third kappa shape index (κ3) is 7.82. The maximum absolute atomic E-state index is 15.8. The fraction of sp³-hybridized carbons (Fsp3) is 0.323. The number of aromatic nitrogens is 1. The van der Waals surface area contributed by atoms with E-state index < -0.39 is 35.3 Å². The SMILES string of the molecule is COc1cc(OC(F)(F)F)ccc1Oc1cc(C2=CCC(C(C)(C)C)CC2)cc(F)c1C(=O)Nc1ccnc(C(N)=O)c1. The van der Waals surface area contributed by atoms with Crippen molar-refractivity contribution in [3.05, 3.63) is 77.4 Å². The van der Waals surface area contributed by atoms with Crippen molar-refractivity contribution >= 4 is 23.1 Å². The number of carbonyl (C=O) groups is 2. The monoisotopic (exact) mass is 601 g/mol. The topological polar surface area (TPSA) is 113 Å². The molecule has 228 valence electrons. The highest BCUT2D eigenvalue weighted by Crippen LogP contribution is 2.42. The molecule has 3 aromatic rings. The number of nitrogens with two attached hydrogens (primary N) is 1. The molecule has 2 aromatic carbocycles. The van der Waals surface area contributed by atoms with E-state index in [0.29, 0.717) is 17.9 Å². The second kappa shape index (κ2) is 12.3. The Bertz CT molecular complexity index is 1560. The standard InChI is InChI=1S/C31H31F4N3O5/c1-30(2,3)19-7-5-17(6-8-19)18-13-22(32)27(29(40)38-20-11-12-37-23(15-20)28(36)39)26(14-18)42-24-10-9-21(16-25(24)41-4)43-31(33,34)35/h5,9-16,19H,6-8H2,1-4H3,(H2,36,39)(H,37,38,40). The van der Waals surface area contributed by atoms with Gasteiger partial charge in [0.2, 0.25) is 0 Å². The van der Waals surface area contributed by atoms with Gasteiger partial charge >= 0.3 is 6.36 Å². The highest BCUT2D eigenvalue weighted by Gasteiger charge is 2.32. The van der Waals surface area contributed by atoms with Crippen LogP contribution in [-0.2, 0) is 0 Å². The normalized spacial score (nSPS) is 15.3. The van der Waals surface area contributed by atoms with Crippen LogP contribution in [0.2, 0.25) is 0 Å². The molecule has 0 saturated carbocycles. The molecular weight excluding hydrogens is 570 g/mol. The molecule has 0 saturated heterocycles. The Morgan fingerprint density at radius 3 is 2.37 bits per heavy atom. The minimum absolute atomic E-state index is 0.0898. The number of alkyl halides is 3. The van der Waals surface area contributed by atoms with Gasteiger partial charge in [0.05, 0.1) is 7.11 Å². The Labute approximate surface area is 245 Å². The zero-order valence-electron chi connectivity index (χ0n) is 24.0. The first-order valence-electron chi connectivity index (χ1n) is 13.4. The van der Waals surface area contributed by atoms with Gasteiger partial charge in [-0.3, -0.25) is 14.6 Å². The lowest BCUT2D eigenvalue weighted by molar-refractivity contribution is -0.274. The molecule has 0 fully saturated rings. The number of amides is 2. The fourth-order valence-corrected chi connectivity index (χ4v) is 4.84.